The van der Waals surface area contributed by atoms with Crippen molar-refractivity contribution in [2.45, 2.75) is 12.5 Å². The Kier molecular flexibility index (Phi) is 4.16. The number of aliphatic hydroxyl groups excluding tert-OH is 1. The Bertz CT molecular complexity index is 485. The molecule has 1 aliphatic rings. The van der Waals surface area contributed by atoms with Gasteiger partial charge in [-0.15, -0.1) is 0 Å². The number of aliphatic hydroxyl groups is 1. The first-order chi connectivity index (χ1) is 9.11. The smallest absolute Gasteiger partial charge is 0.255 e. The quantitative estimate of drug-likeness (QED) is 0.787. The number of carbonyl (C=O) groups excluding carboxylic acids is 1. The van der Waals surface area contributed by atoms with Gasteiger partial charge in [-0.2, -0.15) is 0 Å². The van der Waals surface area contributed by atoms with Crippen molar-refractivity contribution in [1.29, 1.82) is 0 Å². The number of anilines is 1. The van der Waals surface area contributed by atoms with E-state index in [9.17, 15) is 4.79 Å². The lowest BCUT2D eigenvalue weighted by molar-refractivity contribution is 0.0941. The molecule has 1 heterocycles. The summed E-state index contributed by atoms with van der Waals surface area (Å²) in [6.07, 6.45) is 6.30. The Morgan fingerprint density at radius 3 is 2.95 bits per heavy atom. The molecule has 0 bridgehead atoms. The van der Waals surface area contributed by atoms with Gasteiger partial charge in [0.1, 0.15) is 5.82 Å². The fourth-order valence-corrected chi connectivity index (χ4v) is 2.19. The van der Waals surface area contributed by atoms with E-state index in [0.717, 1.165) is 6.42 Å². The Labute approximate surface area is 113 Å². The molecule has 0 spiro atoms. The zero-order valence-corrected chi connectivity index (χ0v) is 11.2. The third-order valence-corrected chi connectivity index (χ3v) is 3.18. The van der Waals surface area contributed by atoms with E-state index in [1.165, 1.54) is 0 Å². The van der Waals surface area contributed by atoms with Crippen molar-refractivity contribution in [3.63, 3.8) is 0 Å². The Hall–Kier alpha value is -1.88. The zero-order valence-electron chi connectivity index (χ0n) is 11.2. The SMILES string of the molecule is CN(C)c1ncccc1C(=O)N[C@@H]1C=C[C@H](CO)C1. The average Bonchev–Trinajstić information content (AvgIpc) is 2.86. The molecule has 1 amide bonds. The predicted molar refractivity (Wildman–Crippen MR) is 74.2 cm³/mol. The van der Waals surface area contributed by atoms with E-state index in [4.69, 9.17) is 5.11 Å². The third kappa shape index (κ3) is 3.12. The Balaban J connectivity index is 2.07. The van der Waals surface area contributed by atoms with Crippen molar-refractivity contribution in [3.8, 4) is 0 Å². The summed E-state index contributed by atoms with van der Waals surface area (Å²) in [4.78, 5) is 18.3. The summed E-state index contributed by atoms with van der Waals surface area (Å²) >= 11 is 0. The van der Waals surface area contributed by atoms with E-state index in [0.29, 0.717) is 11.4 Å². The van der Waals surface area contributed by atoms with Gasteiger partial charge in [-0.25, -0.2) is 4.98 Å². The van der Waals surface area contributed by atoms with E-state index in [2.05, 4.69) is 10.3 Å². The molecule has 1 aromatic rings. The van der Waals surface area contributed by atoms with Crippen LogP contribution in [0, 0.1) is 5.92 Å². The second-order valence-corrected chi connectivity index (χ2v) is 4.91. The van der Waals surface area contributed by atoms with Crippen molar-refractivity contribution < 1.29 is 9.90 Å². The summed E-state index contributed by atoms with van der Waals surface area (Å²) < 4.78 is 0. The first-order valence-electron chi connectivity index (χ1n) is 6.34. The van der Waals surface area contributed by atoms with Gasteiger partial charge in [0.2, 0.25) is 0 Å². The number of hydrogen-bond acceptors (Lipinski definition) is 4. The summed E-state index contributed by atoms with van der Waals surface area (Å²) in [5.41, 5.74) is 0.563. The minimum Gasteiger partial charge on any atom is -0.396 e. The molecule has 0 fully saturated rings. The standard InChI is InChI=1S/C14H19N3O2/c1-17(2)13-12(4-3-7-15-13)14(19)16-11-6-5-10(8-11)9-18/h3-7,10-11,18H,8-9H2,1-2H3,(H,16,19)/t10-,11+/m0/s1. The van der Waals surface area contributed by atoms with E-state index in [1.807, 2.05) is 31.1 Å². The lowest BCUT2D eigenvalue weighted by Crippen LogP contribution is -2.34. The number of hydrogen-bond donors (Lipinski definition) is 2. The maximum Gasteiger partial charge on any atom is 0.255 e. The molecule has 0 aliphatic heterocycles. The van der Waals surface area contributed by atoms with Crippen molar-refractivity contribution in [2.75, 3.05) is 25.6 Å². The van der Waals surface area contributed by atoms with Crippen LogP contribution in [0.5, 0.6) is 0 Å². The Morgan fingerprint density at radius 2 is 2.32 bits per heavy atom. The lowest BCUT2D eigenvalue weighted by atomic mass is 10.1. The van der Waals surface area contributed by atoms with Crippen LogP contribution in [0.3, 0.4) is 0 Å². The number of rotatable bonds is 4. The highest BCUT2D eigenvalue weighted by molar-refractivity contribution is 5.99. The van der Waals surface area contributed by atoms with E-state index in [-0.39, 0.29) is 24.5 Å². The number of carbonyl (C=O) groups is 1. The number of nitrogens with zero attached hydrogens (tertiary/aromatic N) is 2. The third-order valence-electron chi connectivity index (χ3n) is 3.18. The average molecular weight is 261 g/mol. The molecule has 2 rings (SSSR count). The number of pyridine rings is 1. The van der Waals surface area contributed by atoms with E-state index in [1.54, 1.807) is 18.3 Å². The van der Waals surface area contributed by atoms with Crippen LogP contribution < -0.4 is 10.2 Å². The molecule has 5 heteroatoms. The summed E-state index contributed by atoms with van der Waals surface area (Å²) in [7, 11) is 3.72. The number of aromatic nitrogens is 1. The maximum absolute atomic E-state index is 12.2. The van der Waals surface area contributed by atoms with Gasteiger partial charge in [0.15, 0.2) is 0 Å². The molecule has 19 heavy (non-hydrogen) atoms. The van der Waals surface area contributed by atoms with Crippen molar-refractivity contribution in [1.82, 2.24) is 10.3 Å². The largest absolute Gasteiger partial charge is 0.396 e. The van der Waals surface area contributed by atoms with Gasteiger partial charge >= 0.3 is 0 Å². The van der Waals surface area contributed by atoms with E-state index < -0.39 is 0 Å². The minimum absolute atomic E-state index is 0.0140. The highest BCUT2D eigenvalue weighted by Gasteiger charge is 2.22. The molecule has 5 nitrogen and oxygen atoms in total. The van der Waals surface area contributed by atoms with Gasteiger partial charge < -0.3 is 15.3 Å². The normalized spacial score (nSPS) is 21.4. The fraction of sp³-hybridized carbons (Fsp3) is 0.429. The molecule has 102 valence electrons. The highest BCUT2D eigenvalue weighted by Crippen LogP contribution is 2.19. The van der Waals surface area contributed by atoms with Gasteiger partial charge in [0, 0.05) is 38.9 Å². The summed E-state index contributed by atoms with van der Waals surface area (Å²) in [6.45, 7) is 0.124. The number of nitrogens with one attached hydrogen (secondary N) is 1. The van der Waals surface area contributed by atoms with Crippen molar-refractivity contribution in [2.24, 2.45) is 5.92 Å². The molecule has 0 aromatic carbocycles. The minimum atomic E-state index is -0.134. The topological polar surface area (TPSA) is 65.5 Å². The maximum atomic E-state index is 12.2. The highest BCUT2D eigenvalue weighted by atomic mass is 16.3. The summed E-state index contributed by atoms with van der Waals surface area (Å²) in [6, 6.07) is 3.50. The monoisotopic (exact) mass is 261 g/mol. The molecule has 2 atom stereocenters. The second-order valence-electron chi connectivity index (χ2n) is 4.91. The molecular formula is C14H19N3O2. The summed E-state index contributed by atoms with van der Waals surface area (Å²) in [5, 5.41) is 12.0. The first-order valence-corrected chi connectivity index (χ1v) is 6.34. The van der Waals surface area contributed by atoms with Crippen LogP contribution in [0.25, 0.3) is 0 Å². The van der Waals surface area contributed by atoms with Crippen LogP contribution in [0.2, 0.25) is 0 Å². The molecule has 0 radical (unpaired) electrons. The van der Waals surface area contributed by atoms with Crippen molar-refractivity contribution in [3.05, 3.63) is 36.0 Å². The molecule has 0 saturated heterocycles. The van der Waals surface area contributed by atoms with Crippen LogP contribution in [0.1, 0.15) is 16.8 Å². The molecule has 0 unspecified atom stereocenters. The number of amides is 1. The van der Waals surface area contributed by atoms with Gasteiger partial charge in [0.25, 0.3) is 5.91 Å². The second kappa shape index (κ2) is 5.84. The van der Waals surface area contributed by atoms with Crippen LogP contribution in [0.4, 0.5) is 5.82 Å². The van der Waals surface area contributed by atoms with Gasteiger partial charge in [-0.1, -0.05) is 12.2 Å². The molecule has 0 saturated carbocycles. The van der Waals surface area contributed by atoms with Gasteiger partial charge in [0.05, 0.1) is 5.56 Å². The molecule has 1 aromatic heterocycles. The van der Waals surface area contributed by atoms with E-state index >= 15 is 0 Å². The van der Waals surface area contributed by atoms with Crippen LogP contribution >= 0.6 is 0 Å². The zero-order chi connectivity index (χ0) is 13.8. The van der Waals surface area contributed by atoms with Crippen molar-refractivity contribution >= 4 is 11.7 Å². The Morgan fingerprint density at radius 1 is 1.53 bits per heavy atom. The first kappa shape index (κ1) is 13.5. The molecule has 2 N–H and O–H groups in total. The fourth-order valence-electron chi connectivity index (χ4n) is 2.19. The molecule has 1 aliphatic carbocycles. The van der Waals surface area contributed by atoms with Gasteiger partial charge in [-0.3, -0.25) is 4.79 Å². The molecular weight excluding hydrogens is 242 g/mol. The van der Waals surface area contributed by atoms with Crippen LogP contribution in [-0.2, 0) is 0 Å². The lowest BCUT2D eigenvalue weighted by Gasteiger charge is -2.17. The summed E-state index contributed by atoms with van der Waals surface area (Å²) in [5.74, 6) is 0.665. The van der Waals surface area contributed by atoms with Crippen LogP contribution in [0.15, 0.2) is 30.5 Å². The predicted octanol–water partition coefficient (Wildman–Crippen LogP) is 0.814. The van der Waals surface area contributed by atoms with Gasteiger partial charge in [-0.05, 0) is 18.6 Å². The van der Waals surface area contributed by atoms with Crippen LogP contribution in [-0.4, -0.2) is 42.7 Å².